The first kappa shape index (κ1) is 20.5. The first-order chi connectivity index (χ1) is 12.9. The van der Waals surface area contributed by atoms with E-state index in [4.69, 9.17) is 11.2 Å². The second-order valence-corrected chi connectivity index (χ2v) is 7.54. The van der Waals surface area contributed by atoms with Crippen molar-refractivity contribution in [3.8, 4) is 18.1 Å². The molecular formula is C20H21NO5S. The molecule has 142 valence electrons. The number of methoxy groups -OCH3 is 1. The van der Waals surface area contributed by atoms with Gasteiger partial charge < -0.3 is 9.47 Å². The minimum atomic E-state index is -3.48. The largest absolute Gasteiger partial charge is 0.481 e. The van der Waals surface area contributed by atoms with E-state index in [1.807, 2.05) is 12.1 Å². The van der Waals surface area contributed by atoms with Crippen LogP contribution in [0, 0.1) is 12.3 Å². The lowest BCUT2D eigenvalue weighted by Crippen LogP contribution is -2.27. The second kappa shape index (κ2) is 9.76. The molecule has 0 saturated carbocycles. The average molecular weight is 387 g/mol. The van der Waals surface area contributed by atoms with Gasteiger partial charge in [0.05, 0.1) is 18.4 Å². The molecule has 0 spiro atoms. The first-order valence-electron chi connectivity index (χ1n) is 8.23. The Morgan fingerprint density at radius 2 is 1.70 bits per heavy atom. The number of sulfonamides is 1. The molecule has 0 radical (unpaired) electrons. The maximum Gasteiger partial charge on any atom is 0.337 e. The third-order valence-corrected chi connectivity index (χ3v) is 5.07. The second-order valence-electron chi connectivity index (χ2n) is 5.73. The maximum atomic E-state index is 12.2. The summed E-state index contributed by atoms with van der Waals surface area (Å²) < 4.78 is 36.9. The van der Waals surface area contributed by atoms with Crippen LogP contribution in [0.1, 0.15) is 21.5 Å². The molecule has 0 bridgehead atoms. The molecule has 0 atom stereocenters. The lowest BCUT2D eigenvalue weighted by Gasteiger charge is -2.08. The minimum absolute atomic E-state index is 0.159. The Kier molecular flexibility index (Phi) is 7.41. The van der Waals surface area contributed by atoms with Crippen molar-refractivity contribution in [1.29, 1.82) is 0 Å². The number of rotatable bonds is 9. The van der Waals surface area contributed by atoms with Crippen molar-refractivity contribution in [3.63, 3.8) is 0 Å². The molecule has 0 unspecified atom stereocenters. The molecule has 2 aromatic carbocycles. The molecule has 1 N–H and O–H groups in total. The predicted octanol–water partition coefficient (Wildman–Crippen LogP) is 2.15. The quantitative estimate of drug-likeness (QED) is 0.527. The van der Waals surface area contributed by atoms with Crippen LogP contribution in [0.4, 0.5) is 0 Å². The van der Waals surface area contributed by atoms with Gasteiger partial charge in [0.25, 0.3) is 0 Å². The highest BCUT2D eigenvalue weighted by molar-refractivity contribution is 7.88. The van der Waals surface area contributed by atoms with Crippen LogP contribution >= 0.6 is 0 Å². The number of terminal acetylenes is 1. The van der Waals surface area contributed by atoms with Crippen LogP contribution in [0.15, 0.2) is 48.5 Å². The third kappa shape index (κ3) is 6.77. The fourth-order valence-electron chi connectivity index (χ4n) is 2.35. The van der Waals surface area contributed by atoms with Crippen molar-refractivity contribution in [2.45, 2.75) is 12.2 Å². The predicted molar refractivity (Wildman–Crippen MR) is 103 cm³/mol. The van der Waals surface area contributed by atoms with Gasteiger partial charge in [-0.1, -0.05) is 30.2 Å². The highest BCUT2D eigenvalue weighted by Gasteiger charge is 2.12. The minimum Gasteiger partial charge on any atom is -0.481 e. The topological polar surface area (TPSA) is 81.7 Å². The number of carbonyl (C=O) groups is 1. The zero-order valence-electron chi connectivity index (χ0n) is 15.0. The average Bonchev–Trinajstić information content (AvgIpc) is 2.67. The fourth-order valence-corrected chi connectivity index (χ4v) is 3.50. The summed E-state index contributed by atoms with van der Waals surface area (Å²) in [5, 5.41) is 0. The van der Waals surface area contributed by atoms with Crippen LogP contribution in [0.25, 0.3) is 0 Å². The third-order valence-electron chi connectivity index (χ3n) is 3.71. The lowest BCUT2D eigenvalue weighted by atomic mass is 10.1. The van der Waals surface area contributed by atoms with Gasteiger partial charge in [-0.3, -0.25) is 0 Å². The Labute approximate surface area is 159 Å². The van der Waals surface area contributed by atoms with E-state index in [1.165, 1.54) is 7.11 Å². The Bertz CT molecular complexity index is 897. The first-order valence-corrected chi connectivity index (χ1v) is 9.88. The van der Waals surface area contributed by atoms with E-state index in [-0.39, 0.29) is 18.9 Å². The number of benzene rings is 2. The van der Waals surface area contributed by atoms with Gasteiger partial charge in [0, 0.05) is 6.54 Å². The van der Waals surface area contributed by atoms with Crippen molar-refractivity contribution >= 4 is 16.0 Å². The zero-order valence-corrected chi connectivity index (χ0v) is 15.8. The summed E-state index contributed by atoms with van der Waals surface area (Å²) in [5.41, 5.74) is 1.94. The van der Waals surface area contributed by atoms with Gasteiger partial charge >= 0.3 is 5.97 Å². The summed E-state index contributed by atoms with van der Waals surface area (Å²) >= 11 is 0. The summed E-state index contributed by atoms with van der Waals surface area (Å²) in [5.74, 6) is 2.45. The monoisotopic (exact) mass is 387 g/mol. The standard InChI is InChI=1S/C20H21NO5S/c1-3-14-26-19-10-6-16(7-11-19)12-13-21-27(23,24)15-17-4-8-18(9-5-17)20(22)25-2/h1,4-11,21H,12-15H2,2H3. The molecule has 2 aromatic rings. The highest BCUT2D eigenvalue weighted by atomic mass is 32.2. The molecule has 0 aliphatic rings. The van der Waals surface area contributed by atoms with Crippen LogP contribution in [-0.2, 0) is 26.9 Å². The number of esters is 1. The van der Waals surface area contributed by atoms with Gasteiger partial charge in [-0.2, -0.15) is 0 Å². The highest BCUT2D eigenvalue weighted by Crippen LogP contribution is 2.13. The van der Waals surface area contributed by atoms with Crippen LogP contribution in [-0.4, -0.2) is 34.6 Å². The number of hydrogen-bond donors (Lipinski definition) is 1. The number of carbonyl (C=O) groups excluding carboxylic acids is 1. The molecule has 6 nitrogen and oxygen atoms in total. The Balaban J connectivity index is 1.84. The van der Waals surface area contributed by atoms with Crippen LogP contribution < -0.4 is 9.46 Å². The molecule has 0 aliphatic carbocycles. The van der Waals surface area contributed by atoms with Crippen LogP contribution in [0.3, 0.4) is 0 Å². The van der Waals surface area contributed by atoms with Gasteiger partial charge in [-0.15, -0.1) is 6.42 Å². The van der Waals surface area contributed by atoms with Gasteiger partial charge in [-0.05, 0) is 41.8 Å². The molecule has 27 heavy (non-hydrogen) atoms. The number of hydrogen-bond acceptors (Lipinski definition) is 5. The molecule has 0 saturated heterocycles. The fraction of sp³-hybridized carbons (Fsp3) is 0.250. The molecule has 0 aliphatic heterocycles. The summed E-state index contributed by atoms with van der Waals surface area (Å²) in [7, 11) is -2.18. The normalized spacial score (nSPS) is 10.8. The Morgan fingerprint density at radius 3 is 2.30 bits per heavy atom. The van der Waals surface area contributed by atoms with Crippen molar-refractivity contribution in [1.82, 2.24) is 4.72 Å². The molecule has 7 heteroatoms. The van der Waals surface area contributed by atoms with E-state index in [0.717, 1.165) is 5.56 Å². The summed E-state index contributed by atoms with van der Waals surface area (Å²) in [6.07, 6.45) is 5.69. The lowest BCUT2D eigenvalue weighted by molar-refractivity contribution is 0.0600. The molecular weight excluding hydrogens is 366 g/mol. The van der Waals surface area contributed by atoms with Crippen molar-refractivity contribution in [3.05, 3.63) is 65.2 Å². The van der Waals surface area contributed by atoms with Crippen molar-refractivity contribution in [2.24, 2.45) is 0 Å². The van der Waals surface area contributed by atoms with E-state index in [1.54, 1.807) is 36.4 Å². The summed E-state index contributed by atoms with van der Waals surface area (Å²) in [4.78, 5) is 11.4. The zero-order chi connectivity index (χ0) is 19.7. The molecule has 0 aromatic heterocycles. The maximum absolute atomic E-state index is 12.2. The van der Waals surface area contributed by atoms with Crippen molar-refractivity contribution < 1.29 is 22.7 Å². The molecule has 2 rings (SSSR count). The van der Waals surface area contributed by atoms with Gasteiger partial charge in [0.2, 0.25) is 10.0 Å². The van der Waals surface area contributed by atoms with E-state index >= 15 is 0 Å². The smallest absolute Gasteiger partial charge is 0.337 e. The van der Waals surface area contributed by atoms with Crippen molar-refractivity contribution in [2.75, 3.05) is 20.3 Å². The Hall–Kier alpha value is -2.82. The molecule has 0 heterocycles. The Morgan fingerprint density at radius 1 is 1.07 bits per heavy atom. The summed E-state index contributed by atoms with van der Waals surface area (Å²) in [6.45, 7) is 0.493. The van der Waals surface area contributed by atoms with E-state index in [2.05, 4.69) is 15.4 Å². The summed E-state index contributed by atoms with van der Waals surface area (Å²) in [6, 6.07) is 13.6. The molecule has 0 amide bonds. The van der Waals surface area contributed by atoms with E-state index in [0.29, 0.717) is 23.3 Å². The molecule has 0 fully saturated rings. The van der Waals surface area contributed by atoms with Crippen LogP contribution in [0.5, 0.6) is 5.75 Å². The van der Waals surface area contributed by atoms with E-state index < -0.39 is 16.0 Å². The SMILES string of the molecule is C#CCOc1ccc(CCNS(=O)(=O)Cc2ccc(C(=O)OC)cc2)cc1. The van der Waals surface area contributed by atoms with Gasteiger partial charge in [0.1, 0.15) is 12.4 Å². The number of ether oxygens (including phenoxy) is 2. The van der Waals surface area contributed by atoms with Gasteiger partial charge in [0.15, 0.2) is 0 Å². The van der Waals surface area contributed by atoms with Gasteiger partial charge in [-0.25, -0.2) is 17.9 Å². The van der Waals surface area contributed by atoms with E-state index in [9.17, 15) is 13.2 Å². The number of nitrogens with one attached hydrogen (secondary N) is 1. The van der Waals surface area contributed by atoms with Crippen LogP contribution in [0.2, 0.25) is 0 Å².